The van der Waals surface area contributed by atoms with Gasteiger partial charge >= 0.3 is 0 Å². The van der Waals surface area contributed by atoms with E-state index in [-0.39, 0.29) is 5.75 Å². The van der Waals surface area contributed by atoms with E-state index >= 15 is 0 Å². The van der Waals surface area contributed by atoms with Crippen LogP contribution in [0.4, 0.5) is 4.39 Å². The second-order valence-corrected chi connectivity index (χ2v) is 7.97. The predicted octanol–water partition coefficient (Wildman–Crippen LogP) is 4.09. The molecule has 0 bridgehead atoms. The van der Waals surface area contributed by atoms with Gasteiger partial charge in [-0.15, -0.1) is 0 Å². The highest BCUT2D eigenvalue weighted by Crippen LogP contribution is 2.31. The van der Waals surface area contributed by atoms with Crippen LogP contribution in [0.3, 0.4) is 0 Å². The first-order valence-electron chi connectivity index (χ1n) is 7.16. The van der Waals surface area contributed by atoms with Crippen molar-refractivity contribution in [3.63, 3.8) is 0 Å². The van der Waals surface area contributed by atoms with Crippen LogP contribution in [-0.4, -0.2) is 15.4 Å². The summed E-state index contributed by atoms with van der Waals surface area (Å²) in [4.78, 5) is 4.19. The molecule has 1 heterocycles. The molecule has 0 aliphatic rings. The Bertz CT molecular complexity index is 1070. The van der Waals surface area contributed by atoms with E-state index in [1.54, 1.807) is 30.3 Å². The van der Waals surface area contributed by atoms with Crippen LogP contribution in [0.5, 0.6) is 0 Å². The molecule has 0 aliphatic heterocycles. The van der Waals surface area contributed by atoms with Crippen molar-refractivity contribution in [2.45, 2.75) is 5.75 Å². The van der Waals surface area contributed by atoms with Gasteiger partial charge in [-0.25, -0.2) is 8.60 Å². The predicted molar refractivity (Wildman–Crippen MR) is 92.3 cm³/mol. The minimum Gasteiger partial charge on any atom is -0.255 e. The van der Waals surface area contributed by atoms with Crippen molar-refractivity contribution in [3.8, 4) is 17.2 Å². The zero-order valence-electron chi connectivity index (χ0n) is 12.9. The number of hydrogen-bond acceptors (Lipinski definition) is 4. The maximum absolute atomic E-state index is 13.7. The number of halogens is 1. The maximum Gasteiger partial charge on any atom is 0.123 e. The number of nitrogens with zero attached hydrogens (tertiary/aromatic N) is 2. The lowest BCUT2D eigenvalue weighted by atomic mass is 9.96. The molecule has 3 aromatic rings. The van der Waals surface area contributed by atoms with Crippen LogP contribution in [0.2, 0.25) is 0 Å². The molecular weight excluding hydrogens is 325 g/mol. The van der Waals surface area contributed by atoms with E-state index in [1.807, 2.05) is 0 Å². The quantitative estimate of drug-likeness (QED) is 0.780. The van der Waals surface area contributed by atoms with Gasteiger partial charge in [0.15, 0.2) is 0 Å². The number of nitriles is 1. The summed E-state index contributed by atoms with van der Waals surface area (Å²) in [6.07, 6.45) is 2.87. The summed E-state index contributed by atoms with van der Waals surface area (Å²) in [6, 6.07) is 13.5. The number of rotatable bonds is 3. The molecule has 1 unspecified atom stereocenters. The summed E-state index contributed by atoms with van der Waals surface area (Å²) in [5, 5.41) is 9.94. The smallest absolute Gasteiger partial charge is 0.123 e. The van der Waals surface area contributed by atoms with Crippen molar-refractivity contribution in [2.24, 2.45) is 0 Å². The van der Waals surface area contributed by atoms with Crippen LogP contribution in [0.25, 0.3) is 22.0 Å². The zero-order valence-corrected chi connectivity index (χ0v) is 13.7. The lowest BCUT2D eigenvalue weighted by molar-refractivity contribution is 0.629. The minimum absolute atomic E-state index is 0.171. The van der Waals surface area contributed by atoms with Crippen LogP contribution in [0, 0.1) is 21.9 Å². The Hall–Kier alpha value is -2.78. The van der Waals surface area contributed by atoms with E-state index in [0.29, 0.717) is 22.0 Å². The molecule has 0 spiro atoms. The van der Waals surface area contributed by atoms with Crippen molar-refractivity contribution in [1.29, 1.82) is 10.0 Å². The van der Waals surface area contributed by atoms with Gasteiger partial charge < -0.3 is 0 Å². The summed E-state index contributed by atoms with van der Waals surface area (Å²) in [5.41, 5.74) is 3.12. The van der Waals surface area contributed by atoms with Gasteiger partial charge in [-0.2, -0.15) is 5.26 Å². The molecule has 2 aromatic carbocycles. The van der Waals surface area contributed by atoms with Gasteiger partial charge in [0.05, 0.1) is 16.8 Å². The normalized spacial score (nSPS) is 13.4. The molecule has 1 N–H and O–H groups in total. The van der Waals surface area contributed by atoms with Gasteiger partial charge in [-0.3, -0.25) is 9.76 Å². The van der Waals surface area contributed by atoms with E-state index < -0.39 is 15.5 Å². The molecule has 1 atom stereocenters. The first-order valence-corrected chi connectivity index (χ1v) is 9.30. The molecule has 4 nitrogen and oxygen atoms in total. The average Bonchev–Trinajstić information content (AvgIpc) is 2.53. The van der Waals surface area contributed by atoms with E-state index in [1.165, 1.54) is 24.6 Å². The van der Waals surface area contributed by atoms with Gasteiger partial charge in [0, 0.05) is 33.1 Å². The van der Waals surface area contributed by atoms with Gasteiger partial charge in [-0.1, -0.05) is 24.3 Å². The fraction of sp³-hybridized carbons (Fsp3) is 0.111. The van der Waals surface area contributed by atoms with Gasteiger partial charge in [0.1, 0.15) is 11.9 Å². The van der Waals surface area contributed by atoms with E-state index in [0.717, 1.165) is 11.1 Å². The highest BCUT2D eigenvalue weighted by atomic mass is 32.2. The highest BCUT2D eigenvalue weighted by molar-refractivity contribution is 7.90. The minimum atomic E-state index is -2.62. The fourth-order valence-corrected chi connectivity index (χ4v) is 3.47. The number of aromatic nitrogens is 1. The van der Waals surface area contributed by atoms with E-state index in [2.05, 4.69) is 11.1 Å². The molecule has 1 aromatic heterocycles. The lowest BCUT2D eigenvalue weighted by Gasteiger charge is -2.10. The highest BCUT2D eigenvalue weighted by Gasteiger charge is 2.12. The number of hydrogen-bond donors (Lipinski definition) is 1. The van der Waals surface area contributed by atoms with Gasteiger partial charge in [-0.05, 0) is 29.3 Å². The molecule has 0 amide bonds. The Morgan fingerprint density at radius 1 is 1.25 bits per heavy atom. The summed E-state index contributed by atoms with van der Waals surface area (Å²) in [6.45, 7) is 0. The Morgan fingerprint density at radius 3 is 2.58 bits per heavy atom. The van der Waals surface area contributed by atoms with Crippen molar-refractivity contribution in [2.75, 3.05) is 6.26 Å². The molecular formula is C18H14FN3OS. The SMILES string of the molecule is CS(=N)(=O)Cc1ccc(-c2c(C#N)cnc3ccc(F)cc23)cc1. The van der Waals surface area contributed by atoms with Crippen molar-refractivity contribution in [3.05, 3.63) is 65.6 Å². The molecule has 120 valence electrons. The second-order valence-electron chi connectivity index (χ2n) is 5.67. The maximum atomic E-state index is 13.7. The lowest BCUT2D eigenvalue weighted by Crippen LogP contribution is -1.98. The fourth-order valence-electron chi connectivity index (χ4n) is 2.65. The van der Waals surface area contributed by atoms with E-state index in [9.17, 15) is 13.9 Å². The number of nitrogens with one attached hydrogen (secondary N) is 1. The van der Waals surface area contributed by atoms with Gasteiger partial charge in [0.25, 0.3) is 0 Å². The molecule has 3 rings (SSSR count). The monoisotopic (exact) mass is 339 g/mol. The largest absolute Gasteiger partial charge is 0.255 e. The third-order valence-electron chi connectivity index (χ3n) is 3.64. The molecule has 6 heteroatoms. The zero-order chi connectivity index (χ0) is 17.3. The summed E-state index contributed by atoms with van der Waals surface area (Å²) in [5.74, 6) is -0.221. The molecule has 0 aliphatic carbocycles. The molecule has 24 heavy (non-hydrogen) atoms. The Morgan fingerprint density at radius 2 is 1.96 bits per heavy atom. The Labute approximate surface area is 139 Å². The number of benzene rings is 2. The Balaban J connectivity index is 2.18. The number of fused-ring (bicyclic) bond motifs is 1. The second kappa shape index (κ2) is 6.02. The average molecular weight is 339 g/mol. The molecule has 0 fully saturated rings. The molecule has 0 saturated carbocycles. The first kappa shape index (κ1) is 16.1. The standard InChI is InChI=1S/C18H14FN3OS/c1-24(21,23)11-12-2-4-13(5-3-12)18-14(9-20)10-22-17-7-6-15(19)8-16(17)18/h2-8,10,21H,11H2,1H3. The molecule has 0 saturated heterocycles. The van der Waals surface area contributed by atoms with Crippen LogP contribution in [0.15, 0.2) is 48.7 Å². The third kappa shape index (κ3) is 3.26. The van der Waals surface area contributed by atoms with E-state index in [4.69, 9.17) is 4.78 Å². The summed E-state index contributed by atoms with van der Waals surface area (Å²) in [7, 11) is -2.62. The van der Waals surface area contributed by atoms with Crippen LogP contribution in [-0.2, 0) is 15.5 Å². The Kier molecular flexibility index (Phi) is 4.04. The number of pyridine rings is 1. The van der Waals surface area contributed by atoms with Crippen molar-refractivity contribution < 1.29 is 8.60 Å². The van der Waals surface area contributed by atoms with Crippen LogP contribution in [0.1, 0.15) is 11.1 Å². The topological polar surface area (TPSA) is 77.6 Å². The first-order chi connectivity index (χ1) is 11.4. The summed E-state index contributed by atoms with van der Waals surface area (Å²) >= 11 is 0. The van der Waals surface area contributed by atoms with Crippen molar-refractivity contribution in [1.82, 2.24) is 4.98 Å². The van der Waals surface area contributed by atoms with Crippen LogP contribution < -0.4 is 0 Å². The van der Waals surface area contributed by atoms with Crippen molar-refractivity contribution >= 4 is 20.6 Å². The van der Waals surface area contributed by atoms with Crippen LogP contribution >= 0.6 is 0 Å². The third-order valence-corrected chi connectivity index (χ3v) is 4.52. The van der Waals surface area contributed by atoms with Gasteiger partial charge in [0.2, 0.25) is 0 Å². The molecule has 0 radical (unpaired) electrons. The summed E-state index contributed by atoms with van der Waals surface area (Å²) < 4.78 is 32.8.